The van der Waals surface area contributed by atoms with Gasteiger partial charge in [0.15, 0.2) is 6.10 Å². The lowest BCUT2D eigenvalue weighted by atomic mass is 9.87. The number of amides is 1. The Morgan fingerprint density at radius 1 is 1.28 bits per heavy atom. The van der Waals surface area contributed by atoms with Crippen LogP contribution in [0.1, 0.15) is 25.7 Å². The minimum absolute atomic E-state index is 0.0305. The first-order chi connectivity index (χ1) is 8.58. The largest absolute Gasteiger partial charge is 0.479 e. The zero-order chi connectivity index (χ0) is 13.1. The summed E-state index contributed by atoms with van der Waals surface area (Å²) < 4.78 is 5.08. The van der Waals surface area contributed by atoms with Crippen LogP contribution >= 0.6 is 0 Å². The van der Waals surface area contributed by atoms with Gasteiger partial charge in [-0.2, -0.15) is 0 Å². The van der Waals surface area contributed by atoms with E-state index in [1.54, 1.807) is 4.90 Å². The summed E-state index contributed by atoms with van der Waals surface area (Å²) in [6.07, 6.45) is 1.18. The van der Waals surface area contributed by atoms with E-state index in [4.69, 9.17) is 9.84 Å². The van der Waals surface area contributed by atoms with Gasteiger partial charge in [-0.3, -0.25) is 9.59 Å². The molecule has 1 atom stereocenters. The Morgan fingerprint density at radius 2 is 1.94 bits per heavy atom. The highest BCUT2D eigenvalue weighted by molar-refractivity contribution is 5.85. The summed E-state index contributed by atoms with van der Waals surface area (Å²) in [6, 6.07) is 0. The normalized spacial score (nSPS) is 26.1. The third-order valence-corrected chi connectivity index (χ3v) is 3.55. The number of morpholine rings is 1. The molecule has 1 saturated heterocycles. The molecule has 0 aromatic rings. The van der Waals surface area contributed by atoms with Crippen LogP contribution < -0.4 is 0 Å². The zero-order valence-electron chi connectivity index (χ0n) is 10.1. The van der Waals surface area contributed by atoms with Crippen LogP contribution in [0.4, 0.5) is 0 Å². The van der Waals surface area contributed by atoms with Gasteiger partial charge in [-0.15, -0.1) is 0 Å². The minimum Gasteiger partial charge on any atom is -0.479 e. The van der Waals surface area contributed by atoms with Crippen molar-refractivity contribution in [2.24, 2.45) is 5.92 Å². The number of ketones is 1. The number of Topliss-reactive ketones (excluding diaryl/α,β-unsaturated/α-hetero) is 1. The molecule has 1 aliphatic heterocycles. The Bertz CT molecular complexity index is 357. The molecule has 1 amide bonds. The van der Waals surface area contributed by atoms with Crippen LogP contribution in [0.25, 0.3) is 0 Å². The lowest BCUT2D eigenvalue weighted by Crippen LogP contribution is -2.50. The number of aliphatic carboxylic acids is 1. The first-order valence-corrected chi connectivity index (χ1v) is 6.23. The molecule has 1 N–H and O–H groups in total. The predicted octanol–water partition coefficient (Wildman–Crippen LogP) is 0.0577. The predicted molar refractivity (Wildman–Crippen MR) is 60.9 cm³/mol. The number of hydrogen-bond donors (Lipinski definition) is 1. The van der Waals surface area contributed by atoms with Gasteiger partial charge in [0, 0.05) is 25.3 Å². The lowest BCUT2D eigenvalue weighted by molar-refractivity contribution is -0.160. The molecule has 1 unspecified atom stereocenters. The van der Waals surface area contributed by atoms with Crippen LogP contribution in [0, 0.1) is 5.92 Å². The summed E-state index contributed by atoms with van der Waals surface area (Å²) >= 11 is 0. The van der Waals surface area contributed by atoms with Gasteiger partial charge in [0.05, 0.1) is 13.2 Å². The summed E-state index contributed by atoms with van der Waals surface area (Å²) in [4.78, 5) is 35.7. The number of rotatable bonds is 2. The maximum Gasteiger partial charge on any atom is 0.334 e. The fourth-order valence-corrected chi connectivity index (χ4v) is 2.44. The van der Waals surface area contributed by atoms with Gasteiger partial charge < -0.3 is 14.7 Å². The molecule has 1 aliphatic carbocycles. The smallest absolute Gasteiger partial charge is 0.334 e. The SMILES string of the molecule is O=C1CCC(C(=O)N2CCOC(C(=O)O)C2)CC1. The first kappa shape index (κ1) is 13.0. The Labute approximate surface area is 105 Å². The van der Waals surface area contributed by atoms with E-state index in [0.29, 0.717) is 32.2 Å². The van der Waals surface area contributed by atoms with E-state index in [9.17, 15) is 14.4 Å². The first-order valence-electron chi connectivity index (χ1n) is 6.23. The highest BCUT2D eigenvalue weighted by atomic mass is 16.5. The number of carbonyl (C=O) groups is 3. The highest BCUT2D eigenvalue weighted by Gasteiger charge is 2.33. The molecular formula is C12H17NO5. The Balaban J connectivity index is 1.92. The number of hydrogen-bond acceptors (Lipinski definition) is 4. The minimum atomic E-state index is -1.04. The van der Waals surface area contributed by atoms with Crippen LogP contribution in [-0.4, -0.2) is 53.5 Å². The average Bonchev–Trinajstić information content (AvgIpc) is 2.39. The van der Waals surface area contributed by atoms with E-state index in [0.717, 1.165) is 0 Å². The van der Waals surface area contributed by atoms with Crippen molar-refractivity contribution in [2.75, 3.05) is 19.7 Å². The molecule has 18 heavy (non-hydrogen) atoms. The van der Waals surface area contributed by atoms with Gasteiger partial charge in [0.2, 0.25) is 5.91 Å². The molecule has 2 fully saturated rings. The molecule has 0 radical (unpaired) electrons. The summed E-state index contributed by atoms with van der Waals surface area (Å²) in [7, 11) is 0. The molecule has 6 nitrogen and oxygen atoms in total. The number of ether oxygens (including phenoxy) is 1. The quantitative estimate of drug-likeness (QED) is 0.754. The monoisotopic (exact) mass is 255 g/mol. The topological polar surface area (TPSA) is 83.9 Å². The van der Waals surface area contributed by atoms with E-state index < -0.39 is 12.1 Å². The van der Waals surface area contributed by atoms with Gasteiger partial charge in [-0.05, 0) is 12.8 Å². The molecule has 1 saturated carbocycles. The third kappa shape index (κ3) is 2.87. The second kappa shape index (κ2) is 5.48. The summed E-state index contributed by atoms with van der Waals surface area (Å²) in [5.41, 5.74) is 0. The second-order valence-electron chi connectivity index (χ2n) is 4.79. The van der Waals surface area contributed by atoms with Crippen molar-refractivity contribution in [2.45, 2.75) is 31.8 Å². The van der Waals surface area contributed by atoms with Crippen molar-refractivity contribution in [3.63, 3.8) is 0 Å². The average molecular weight is 255 g/mol. The Kier molecular flexibility index (Phi) is 3.96. The van der Waals surface area contributed by atoms with Crippen molar-refractivity contribution >= 4 is 17.7 Å². The number of carboxylic acids is 1. The molecule has 2 rings (SSSR count). The maximum atomic E-state index is 12.2. The van der Waals surface area contributed by atoms with Gasteiger partial charge >= 0.3 is 5.97 Å². The van der Waals surface area contributed by atoms with E-state index in [1.165, 1.54) is 0 Å². The molecule has 6 heteroatoms. The molecular weight excluding hydrogens is 238 g/mol. The third-order valence-electron chi connectivity index (χ3n) is 3.55. The zero-order valence-corrected chi connectivity index (χ0v) is 10.1. The molecule has 0 spiro atoms. The number of carboxylic acid groups (broad SMARTS) is 1. The van der Waals surface area contributed by atoms with Gasteiger partial charge in [-0.1, -0.05) is 0 Å². The van der Waals surface area contributed by atoms with Gasteiger partial charge in [0.25, 0.3) is 0 Å². The molecule has 100 valence electrons. The molecule has 0 bridgehead atoms. The molecule has 2 aliphatic rings. The highest BCUT2D eigenvalue weighted by Crippen LogP contribution is 2.24. The Morgan fingerprint density at radius 3 is 2.56 bits per heavy atom. The van der Waals surface area contributed by atoms with Crippen LogP contribution in [0.15, 0.2) is 0 Å². The van der Waals surface area contributed by atoms with Crippen molar-refractivity contribution in [3.05, 3.63) is 0 Å². The van der Waals surface area contributed by atoms with Crippen LogP contribution in [0.2, 0.25) is 0 Å². The van der Waals surface area contributed by atoms with E-state index >= 15 is 0 Å². The van der Waals surface area contributed by atoms with Gasteiger partial charge in [-0.25, -0.2) is 4.79 Å². The van der Waals surface area contributed by atoms with Crippen LogP contribution in [0.5, 0.6) is 0 Å². The van der Waals surface area contributed by atoms with Crippen molar-refractivity contribution in [1.82, 2.24) is 4.90 Å². The van der Waals surface area contributed by atoms with E-state index in [1.807, 2.05) is 0 Å². The molecule has 1 heterocycles. The second-order valence-corrected chi connectivity index (χ2v) is 4.79. The van der Waals surface area contributed by atoms with Crippen LogP contribution in [0.3, 0.4) is 0 Å². The standard InChI is InChI=1S/C12H17NO5/c14-9-3-1-8(2-4-9)11(15)13-5-6-18-10(7-13)12(16)17/h8,10H,1-7H2,(H,16,17). The van der Waals surface area contributed by atoms with Crippen molar-refractivity contribution in [1.29, 1.82) is 0 Å². The van der Waals surface area contributed by atoms with E-state index in [2.05, 4.69) is 0 Å². The summed E-state index contributed by atoms with van der Waals surface area (Å²) in [5, 5.41) is 8.88. The summed E-state index contributed by atoms with van der Waals surface area (Å²) in [5.74, 6) is -0.983. The molecule has 0 aromatic carbocycles. The van der Waals surface area contributed by atoms with Crippen molar-refractivity contribution in [3.8, 4) is 0 Å². The van der Waals surface area contributed by atoms with Crippen LogP contribution in [-0.2, 0) is 19.1 Å². The number of nitrogens with zero attached hydrogens (tertiary/aromatic N) is 1. The lowest BCUT2D eigenvalue weighted by Gasteiger charge is -2.34. The van der Waals surface area contributed by atoms with Crippen molar-refractivity contribution < 1.29 is 24.2 Å². The van der Waals surface area contributed by atoms with E-state index in [-0.39, 0.29) is 30.8 Å². The fourth-order valence-electron chi connectivity index (χ4n) is 2.44. The number of carbonyl (C=O) groups excluding carboxylic acids is 2. The maximum absolute atomic E-state index is 12.2. The summed E-state index contributed by atoms with van der Waals surface area (Å²) in [6.45, 7) is 0.806. The fraction of sp³-hybridized carbons (Fsp3) is 0.750. The molecule has 0 aromatic heterocycles. The van der Waals surface area contributed by atoms with Gasteiger partial charge in [0.1, 0.15) is 5.78 Å². The Hall–Kier alpha value is -1.43.